The molecule has 1 N–H and O–H groups in total. The van der Waals surface area contributed by atoms with Crippen molar-refractivity contribution in [3.8, 4) is 0 Å². The Hall–Kier alpha value is -1.91. The third-order valence-corrected chi connectivity index (χ3v) is 3.18. The van der Waals surface area contributed by atoms with E-state index in [4.69, 9.17) is 0 Å². The number of benzene rings is 1. The van der Waals surface area contributed by atoms with Gasteiger partial charge in [0, 0.05) is 11.8 Å². The summed E-state index contributed by atoms with van der Waals surface area (Å²) in [5.74, 6) is 0.657. The average Bonchev–Trinajstić information content (AvgIpc) is 2.37. The maximum absolute atomic E-state index is 10.8. The molecule has 0 heterocycles. The van der Waals surface area contributed by atoms with Gasteiger partial charge < -0.3 is 0 Å². The SMILES string of the molecule is C[C@H]1CCCC(=NNc2ccccc2[N+](=O)[O-])C1. The first-order valence-electron chi connectivity index (χ1n) is 6.21. The highest BCUT2D eigenvalue weighted by Gasteiger charge is 2.15. The third-order valence-electron chi connectivity index (χ3n) is 3.18. The van der Waals surface area contributed by atoms with Crippen LogP contribution >= 0.6 is 0 Å². The van der Waals surface area contributed by atoms with Gasteiger partial charge in [-0.2, -0.15) is 5.10 Å². The van der Waals surface area contributed by atoms with Crippen LogP contribution in [-0.2, 0) is 0 Å². The van der Waals surface area contributed by atoms with Crippen molar-refractivity contribution in [1.82, 2.24) is 0 Å². The molecule has 96 valence electrons. The minimum atomic E-state index is -0.397. The highest BCUT2D eigenvalue weighted by atomic mass is 16.6. The van der Waals surface area contributed by atoms with Crippen LogP contribution < -0.4 is 5.43 Å². The second kappa shape index (κ2) is 5.62. The van der Waals surface area contributed by atoms with Crippen molar-refractivity contribution < 1.29 is 4.92 Å². The van der Waals surface area contributed by atoms with E-state index in [9.17, 15) is 10.1 Å². The molecule has 0 spiro atoms. The number of hydrogen-bond donors (Lipinski definition) is 1. The smallest absolute Gasteiger partial charge is 0.272 e. The molecule has 1 aromatic carbocycles. The van der Waals surface area contributed by atoms with E-state index in [-0.39, 0.29) is 5.69 Å². The third kappa shape index (κ3) is 3.06. The number of rotatable bonds is 3. The Morgan fingerprint density at radius 1 is 1.44 bits per heavy atom. The Balaban J connectivity index is 2.10. The maximum Gasteiger partial charge on any atom is 0.294 e. The van der Waals surface area contributed by atoms with Gasteiger partial charge in [-0.15, -0.1) is 0 Å². The number of nitro benzene ring substituents is 1. The topological polar surface area (TPSA) is 67.5 Å². The number of nitrogens with one attached hydrogen (secondary N) is 1. The molecule has 1 saturated carbocycles. The highest BCUT2D eigenvalue weighted by Crippen LogP contribution is 2.25. The van der Waals surface area contributed by atoms with E-state index in [1.165, 1.54) is 12.5 Å². The van der Waals surface area contributed by atoms with E-state index in [2.05, 4.69) is 17.5 Å². The highest BCUT2D eigenvalue weighted by molar-refractivity contribution is 5.86. The van der Waals surface area contributed by atoms with Crippen molar-refractivity contribution in [2.45, 2.75) is 32.6 Å². The lowest BCUT2D eigenvalue weighted by Gasteiger charge is -2.19. The molecule has 18 heavy (non-hydrogen) atoms. The van der Waals surface area contributed by atoms with Crippen LogP contribution in [0.4, 0.5) is 11.4 Å². The number of hydrazone groups is 1. The van der Waals surface area contributed by atoms with Crippen molar-refractivity contribution in [2.75, 3.05) is 5.43 Å². The molecule has 0 radical (unpaired) electrons. The van der Waals surface area contributed by atoms with Crippen LogP contribution in [0.1, 0.15) is 32.6 Å². The molecule has 0 aromatic heterocycles. The fraction of sp³-hybridized carbons (Fsp3) is 0.462. The zero-order chi connectivity index (χ0) is 13.0. The van der Waals surface area contributed by atoms with Crippen molar-refractivity contribution in [1.29, 1.82) is 0 Å². The molecule has 1 aromatic rings. The predicted molar refractivity (Wildman–Crippen MR) is 71.8 cm³/mol. The molecule has 0 amide bonds. The Kier molecular flexibility index (Phi) is 3.92. The second-order valence-electron chi connectivity index (χ2n) is 4.77. The number of para-hydroxylation sites is 2. The molecule has 0 aliphatic heterocycles. The monoisotopic (exact) mass is 247 g/mol. The van der Waals surface area contributed by atoms with Gasteiger partial charge >= 0.3 is 0 Å². The Labute approximate surface area is 106 Å². The molecule has 1 aliphatic rings. The normalized spacial score (nSPS) is 21.8. The number of nitro groups is 1. The second-order valence-corrected chi connectivity index (χ2v) is 4.77. The summed E-state index contributed by atoms with van der Waals surface area (Å²) in [5, 5.41) is 15.2. The summed E-state index contributed by atoms with van der Waals surface area (Å²) in [6, 6.07) is 6.57. The lowest BCUT2D eigenvalue weighted by atomic mass is 9.89. The molecule has 1 aliphatic carbocycles. The molecule has 0 bridgehead atoms. The van der Waals surface area contributed by atoms with Crippen LogP contribution in [0.5, 0.6) is 0 Å². The molecule has 0 unspecified atom stereocenters. The van der Waals surface area contributed by atoms with E-state index in [1.807, 2.05) is 0 Å². The van der Waals surface area contributed by atoms with Crippen molar-refractivity contribution in [3.63, 3.8) is 0 Å². The van der Waals surface area contributed by atoms with E-state index in [0.717, 1.165) is 25.0 Å². The molecular formula is C13H17N3O2. The molecule has 2 rings (SSSR count). The van der Waals surface area contributed by atoms with Crippen molar-refractivity contribution in [2.24, 2.45) is 11.0 Å². The first-order valence-corrected chi connectivity index (χ1v) is 6.21. The molecule has 5 nitrogen and oxygen atoms in total. The van der Waals surface area contributed by atoms with Crippen LogP contribution in [0.25, 0.3) is 0 Å². The number of anilines is 1. The van der Waals surface area contributed by atoms with E-state index in [1.54, 1.807) is 18.2 Å². The largest absolute Gasteiger partial charge is 0.294 e. The first-order chi connectivity index (χ1) is 8.66. The fourth-order valence-corrected chi connectivity index (χ4v) is 2.23. The summed E-state index contributed by atoms with van der Waals surface area (Å²) in [6.07, 6.45) is 4.36. The summed E-state index contributed by atoms with van der Waals surface area (Å²) < 4.78 is 0. The predicted octanol–water partition coefficient (Wildman–Crippen LogP) is 3.57. The summed E-state index contributed by atoms with van der Waals surface area (Å²) >= 11 is 0. The summed E-state index contributed by atoms with van der Waals surface area (Å²) in [6.45, 7) is 2.21. The van der Waals surface area contributed by atoms with Gasteiger partial charge in [-0.3, -0.25) is 15.5 Å². The summed E-state index contributed by atoms with van der Waals surface area (Å²) in [7, 11) is 0. The number of hydrogen-bond acceptors (Lipinski definition) is 4. The number of nitrogens with zero attached hydrogens (tertiary/aromatic N) is 2. The van der Waals surface area contributed by atoms with Crippen LogP contribution in [0.2, 0.25) is 0 Å². The molecular weight excluding hydrogens is 230 g/mol. The van der Waals surface area contributed by atoms with Crippen LogP contribution in [0.3, 0.4) is 0 Å². The van der Waals surface area contributed by atoms with Crippen LogP contribution in [-0.4, -0.2) is 10.6 Å². The molecule has 0 saturated heterocycles. The van der Waals surface area contributed by atoms with Gasteiger partial charge in [0.1, 0.15) is 5.69 Å². The maximum atomic E-state index is 10.8. The standard InChI is InChI=1S/C13H17N3O2/c1-10-5-4-6-11(9-10)14-15-12-7-2-3-8-13(12)16(17)18/h2-3,7-8,10,15H,4-6,9H2,1H3/t10-/m0/s1. The lowest BCUT2D eigenvalue weighted by Crippen LogP contribution is -2.14. The van der Waals surface area contributed by atoms with Gasteiger partial charge in [-0.05, 0) is 37.7 Å². The van der Waals surface area contributed by atoms with Crippen LogP contribution in [0.15, 0.2) is 29.4 Å². The molecule has 5 heteroatoms. The van der Waals surface area contributed by atoms with Gasteiger partial charge in [0.05, 0.1) is 4.92 Å². The van der Waals surface area contributed by atoms with Gasteiger partial charge in [0.2, 0.25) is 0 Å². The van der Waals surface area contributed by atoms with Gasteiger partial charge in [0.15, 0.2) is 0 Å². The van der Waals surface area contributed by atoms with E-state index >= 15 is 0 Å². The quantitative estimate of drug-likeness (QED) is 0.655. The van der Waals surface area contributed by atoms with Crippen LogP contribution in [0, 0.1) is 16.0 Å². The molecule has 1 fully saturated rings. The summed E-state index contributed by atoms with van der Waals surface area (Å²) in [4.78, 5) is 10.4. The minimum absolute atomic E-state index is 0.0608. The van der Waals surface area contributed by atoms with E-state index in [0.29, 0.717) is 11.6 Å². The Morgan fingerprint density at radius 2 is 2.22 bits per heavy atom. The van der Waals surface area contributed by atoms with Crippen molar-refractivity contribution >= 4 is 17.1 Å². The Bertz CT molecular complexity index is 471. The van der Waals surface area contributed by atoms with Gasteiger partial charge in [0.25, 0.3) is 5.69 Å². The van der Waals surface area contributed by atoms with Gasteiger partial charge in [-0.25, -0.2) is 0 Å². The fourth-order valence-electron chi connectivity index (χ4n) is 2.23. The zero-order valence-corrected chi connectivity index (χ0v) is 10.4. The lowest BCUT2D eigenvalue weighted by molar-refractivity contribution is -0.384. The average molecular weight is 247 g/mol. The minimum Gasteiger partial charge on any atom is -0.272 e. The van der Waals surface area contributed by atoms with E-state index < -0.39 is 4.92 Å². The summed E-state index contributed by atoms with van der Waals surface area (Å²) in [5.41, 5.74) is 4.45. The first kappa shape index (κ1) is 12.5. The van der Waals surface area contributed by atoms with Crippen molar-refractivity contribution in [3.05, 3.63) is 34.4 Å². The Morgan fingerprint density at radius 3 is 2.94 bits per heavy atom. The van der Waals surface area contributed by atoms with Gasteiger partial charge in [-0.1, -0.05) is 19.1 Å². The molecule has 1 atom stereocenters. The zero-order valence-electron chi connectivity index (χ0n) is 10.4.